The minimum absolute atomic E-state index is 0.119. The van der Waals surface area contributed by atoms with Crippen molar-refractivity contribution >= 4 is 12.1 Å². The molecule has 0 rings (SSSR count). The van der Waals surface area contributed by atoms with Crippen molar-refractivity contribution in [2.24, 2.45) is 11.3 Å². The first-order valence-electron chi connectivity index (χ1n) is 3.79. The molecule has 1 radical (unpaired) electrons. The summed E-state index contributed by atoms with van der Waals surface area (Å²) in [6, 6.07) is 0. The molecule has 0 aliphatic rings. The topological polar surface area (TPSA) is 34.1 Å². The minimum Gasteiger partial charge on any atom is -0.299 e. The van der Waals surface area contributed by atoms with Crippen molar-refractivity contribution in [3.8, 4) is 0 Å². The average molecular weight is 155 g/mol. The number of carbonyl (C=O) groups is 1. The molecular formula is C9H15O2. The van der Waals surface area contributed by atoms with Gasteiger partial charge in [0.05, 0.1) is 0 Å². The Kier molecular flexibility index (Phi) is 3.43. The molecule has 0 amide bonds. The molecule has 2 heteroatoms. The van der Waals surface area contributed by atoms with Crippen molar-refractivity contribution < 1.29 is 9.59 Å². The van der Waals surface area contributed by atoms with Crippen molar-refractivity contribution in [2.45, 2.75) is 34.1 Å². The van der Waals surface area contributed by atoms with E-state index in [-0.39, 0.29) is 17.1 Å². The summed E-state index contributed by atoms with van der Waals surface area (Å²) in [5.74, 6) is -0.143. The summed E-state index contributed by atoms with van der Waals surface area (Å²) in [6.07, 6.45) is 2.11. The Balaban J connectivity index is 3.98. The van der Waals surface area contributed by atoms with Gasteiger partial charge in [0.15, 0.2) is 0 Å². The lowest BCUT2D eigenvalue weighted by Crippen LogP contribution is -2.22. The molecule has 0 N–H and O–H groups in total. The number of hydrogen-bond donors (Lipinski definition) is 0. The van der Waals surface area contributed by atoms with Crippen LogP contribution in [0, 0.1) is 11.3 Å². The maximum Gasteiger partial charge on any atom is 0.201 e. The summed E-state index contributed by atoms with van der Waals surface area (Å²) in [6.45, 7) is 7.27. The molecule has 0 bridgehead atoms. The number of Topliss-reactive ketones (excluding diaryl/α,β-unsaturated/α-hetero) is 1. The van der Waals surface area contributed by atoms with Crippen molar-refractivity contribution in [1.82, 2.24) is 0 Å². The van der Waals surface area contributed by atoms with Crippen LogP contribution in [0.3, 0.4) is 0 Å². The van der Waals surface area contributed by atoms with E-state index >= 15 is 0 Å². The van der Waals surface area contributed by atoms with Gasteiger partial charge in [-0.25, -0.2) is 0 Å². The number of carbonyl (C=O) groups excluding carboxylic acids is 2. The summed E-state index contributed by atoms with van der Waals surface area (Å²) in [7, 11) is 0. The minimum atomic E-state index is -0.328. The van der Waals surface area contributed by atoms with Crippen molar-refractivity contribution in [2.75, 3.05) is 0 Å². The van der Waals surface area contributed by atoms with Gasteiger partial charge in [-0.3, -0.25) is 9.59 Å². The fourth-order valence-electron chi connectivity index (χ4n) is 0.626. The molecule has 11 heavy (non-hydrogen) atoms. The highest BCUT2D eigenvalue weighted by molar-refractivity contribution is 5.85. The highest BCUT2D eigenvalue weighted by atomic mass is 16.1. The third-order valence-electron chi connectivity index (χ3n) is 1.53. The zero-order valence-electron chi connectivity index (χ0n) is 7.60. The largest absolute Gasteiger partial charge is 0.299 e. The van der Waals surface area contributed by atoms with E-state index in [1.54, 1.807) is 13.2 Å². The quantitative estimate of drug-likeness (QED) is 0.622. The average Bonchev–Trinajstić information content (AvgIpc) is 1.85. The van der Waals surface area contributed by atoms with Gasteiger partial charge >= 0.3 is 0 Å². The van der Waals surface area contributed by atoms with Crippen LogP contribution < -0.4 is 0 Å². The summed E-state index contributed by atoms with van der Waals surface area (Å²) in [5.41, 5.74) is -0.328. The number of ketones is 1. The van der Waals surface area contributed by atoms with Crippen molar-refractivity contribution in [3.63, 3.8) is 0 Å². The molecule has 0 aliphatic heterocycles. The molecule has 0 aromatic rings. The first-order chi connectivity index (χ1) is 4.88. The second kappa shape index (κ2) is 3.65. The molecule has 63 valence electrons. The first-order valence-corrected chi connectivity index (χ1v) is 3.79. The SMILES string of the molecule is CC([C]=O)CC(=O)C(C)(C)C. The molecule has 1 unspecified atom stereocenters. The molecule has 0 aromatic heterocycles. The lowest BCUT2D eigenvalue weighted by atomic mass is 9.86. The van der Waals surface area contributed by atoms with E-state index < -0.39 is 0 Å². The third kappa shape index (κ3) is 3.91. The molecule has 2 nitrogen and oxygen atoms in total. The summed E-state index contributed by atoms with van der Waals surface area (Å²) in [4.78, 5) is 21.3. The Bertz CT molecular complexity index is 153. The van der Waals surface area contributed by atoms with E-state index in [1.807, 2.05) is 20.8 Å². The number of hydrogen-bond acceptors (Lipinski definition) is 2. The standard InChI is InChI=1S/C9H15O2/c1-7(6-10)5-8(11)9(2,3)4/h7H,5H2,1-4H3. The Morgan fingerprint density at radius 3 is 2.18 bits per heavy atom. The maximum absolute atomic E-state index is 11.3. The van der Waals surface area contributed by atoms with Gasteiger partial charge in [0.2, 0.25) is 6.29 Å². The van der Waals surface area contributed by atoms with Crippen LogP contribution >= 0.6 is 0 Å². The second-order valence-corrected chi connectivity index (χ2v) is 3.90. The molecule has 0 heterocycles. The van der Waals surface area contributed by atoms with E-state index in [4.69, 9.17) is 0 Å². The lowest BCUT2D eigenvalue weighted by molar-refractivity contribution is -0.126. The number of rotatable bonds is 3. The fraction of sp³-hybridized carbons (Fsp3) is 0.778. The van der Waals surface area contributed by atoms with E-state index in [1.165, 1.54) is 0 Å². The molecular weight excluding hydrogens is 140 g/mol. The normalized spacial score (nSPS) is 14.2. The summed E-state index contributed by atoms with van der Waals surface area (Å²) >= 11 is 0. The van der Waals surface area contributed by atoms with E-state index in [0.717, 1.165) is 0 Å². The Morgan fingerprint density at radius 1 is 1.45 bits per heavy atom. The van der Waals surface area contributed by atoms with Gasteiger partial charge in [0.25, 0.3) is 0 Å². The first kappa shape index (κ1) is 10.3. The lowest BCUT2D eigenvalue weighted by Gasteiger charge is -2.16. The van der Waals surface area contributed by atoms with Crippen LogP contribution in [0.5, 0.6) is 0 Å². The highest BCUT2D eigenvalue weighted by Gasteiger charge is 2.22. The Morgan fingerprint density at radius 2 is 1.91 bits per heavy atom. The fourth-order valence-corrected chi connectivity index (χ4v) is 0.626. The molecule has 0 aliphatic carbocycles. The summed E-state index contributed by atoms with van der Waals surface area (Å²) < 4.78 is 0. The van der Waals surface area contributed by atoms with Crippen LogP contribution in [0.25, 0.3) is 0 Å². The Labute approximate surface area is 68.0 Å². The Hall–Kier alpha value is -0.660. The van der Waals surface area contributed by atoms with Gasteiger partial charge in [-0.2, -0.15) is 0 Å². The van der Waals surface area contributed by atoms with Crippen LogP contribution in [0.1, 0.15) is 34.1 Å². The third-order valence-corrected chi connectivity index (χ3v) is 1.53. The van der Waals surface area contributed by atoms with E-state index in [2.05, 4.69) is 0 Å². The maximum atomic E-state index is 11.3. The summed E-state index contributed by atoms with van der Waals surface area (Å²) in [5, 5.41) is 0. The van der Waals surface area contributed by atoms with E-state index in [9.17, 15) is 9.59 Å². The van der Waals surface area contributed by atoms with Gasteiger partial charge < -0.3 is 0 Å². The van der Waals surface area contributed by atoms with Crippen LogP contribution in [0.2, 0.25) is 0 Å². The van der Waals surface area contributed by atoms with Crippen LogP contribution in [0.4, 0.5) is 0 Å². The predicted octanol–water partition coefficient (Wildman–Crippen LogP) is 1.74. The van der Waals surface area contributed by atoms with Gasteiger partial charge in [-0.1, -0.05) is 27.7 Å². The molecule has 0 fully saturated rings. The zero-order chi connectivity index (χ0) is 9.07. The monoisotopic (exact) mass is 155 g/mol. The van der Waals surface area contributed by atoms with Crippen LogP contribution in [-0.4, -0.2) is 12.1 Å². The second-order valence-electron chi connectivity index (χ2n) is 3.90. The molecule has 0 saturated heterocycles. The predicted molar refractivity (Wildman–Crippen MR) is 43.9 cm³/mol. The molecule has 1 atom stereocenters. The van der Waals surface area contributed by atoms with Crippen LogP contribution in [-0.2, 0) is 9.59 Å². The van der Waals surface area contributed by atoms with Gasteiger partial charge in [-0.15, -0.1) is 0 Å². The van der Waals surface area contributed by atoms with E-state index in [0.29, 0.717) is 6.42 Å². The van der Waals surface area contributed by atoms with Crippen molar-refractivity contribution in [1.29, 1.82) is 0 Å². The van der Waals surface area contributed by atoms with Gasteiger partial charge in [0, 0.05) is 17.8 Å². The molecule has 0 saturated carbocycles. The van der Waals surface area contributed by atoms with Gasteiger partial charge in [0.1, 0.15) is 5.78 Å². The van der Waals surface area contributed by atoms with Gasteiger partial charge in [-0.05, 0) is 0 Å². The molecule has 0 spiro atoms. The smallest absolute Gasteiger partial charge is 0.201 e. The zero-order valence-corrected chi connectivity index (χ0v) is 7.60. The molecule has 0 aromatic carbocycles. The van der Waals surface area contributed by atoms with Crippen LogP contribution in [0.15, 0.2) is 0 Å². The van der Waals surface area contributed by atoms with Crippen molar-refractivity contribution in [3.05, 3.63) is 0 Å². The highest BCUT2D eigenvalue weighted by Crippen LogP contribution is 2.18.